The van der Waals surface area contributed by atoms with Gasteiger partial charge < -0.3 is 9.13 Å². The molecule has 0 radical (unpaired) electrons. The third-order valence-electron chi connectivity index (χ3n) is 6.55. The standard InChI is InChI=1S/C30H20N2/c1-2-11-22(12-3-1)32-28-15-7-6-14-24(28)30-25-19-20-31(27(25)17-18-29(30)32)26-16-8-10-21-9-4-5-13-23(21)26/h1-20H. The van der Waals surface area contributed by atoms with Crippen molar-refractivity contribution in [2.75, 3.05) is 0 Å². The molecule has 2 nitrogen and oxygen atoms in total. The monoisotopic (exact) mass is 408 g/mol. The molecule has 0 atom stereocenters. The summed E-state index contributed by atoms with van der Waals surface area (Å²) in [5.41, 5.74) is 6.10. The third kappa shape index (κ3) is 2.35. The molecule has 0 saturated heterocycles. The number of rotatable bonds is 2. The Hall–Kier alpha value is -4.30. The van der Waals surface area contributed by atoms with Gasteiger partial charge in [0.1, 0.15) is 0 Å². The molecule has 0 aliphatic heterocycles. The minimum absolute atomic E-state index is 1.19. The number of nitrogens with zero attached hydrogens (tertiary/aromatic N) is 2. The maximum Gasteiger partial charge on any atom is 0.0548 e. The van der Waals surface area contributed by atoms with Gasteiger partial charge >= 0.3 is 0 Å². The van der Waals surface area contributed by atoms with Gasteiger partial charge in [-0.3, -0.25) is 0 Å². The van der Waals surface area contributed by atoms with Crippen LogP contribution in [0.5, 0.6) is 0 Å². The van der Waals surface area contributed by atoms with Crippen molar-refractivity contribution in [2.45, 2.75) is 0 Å². The summed E-state index contributed by atoms with van der Waals surface area (Å²) >= 11 is 0. The first-order chi connectivity index (χ1) is 15.9. The molecule has 0 aliphatic carbocycles. The van der Waals surface area contributed by atoms with Crippen molar-refractivity contribution in [3.8, 4) is 11.4 Å². The Morgan fingerprint density at radius 1 is 0.438 bits per heavy atom. The van der Waals surface area contributed by atoms with Gasteiger partial charge in [-0.15, -0.1) is 0 Å². The molecule has 2 aromatic heterocycles. The van der Waals surface area contributed by atoms with Crippen LogP contribution >= 0.6 is 0 Å². The lowest BCUT2D eigenvalue weighted by molar-refractivity contribution is 1.14. The first-order valence-electron chi connectivity index (χ1n) is 11.0. The zero-order chi connectivity index (χ0) is 21.1. The SMILES string of the molecule is c1ccc(-n2c3ccccc3c3c4ccn(-c5cccc6ccccc56)c4ccc32)cc1. The van der Waals surface area contributed by atoms with E-state index >= 15 is 0 Å². The van der Waals surface area contributed by atoms with Crippen molar-refractivity contribution in [1.29, 1.82) is 0 Å². The minimum atomic E-state index is 1.19. The number of hydrogen-bond donors (Lipinski definition) is 0. The Balaban J connectivity index is 1.60. The second-order valence-electron chi connectivity index (χ2n) is 8.26. The van der Waals surface area contributed by atoms with Crippen LogP contribution in [0.3, 0.4) is 0 Å². The molecule has 2 heterocycles. The van der Waals surface area contributed by atoms with Crippen LogP contribution in [0.15, 0.2) is 121 Å². The van der Waals surface area contributed by atoms with Crippen LogP contribution in [-0.4, -0.2) is 9.13 Å². The summed E-state index contributed by atoms with van der Waals surface area (Å²) in [5.74, 6) is 0. The van der Waals surface area contributed by atoms with E-state index in [1.54, 1.807) is 0 Å². The third-order valence-corrected chi connectivity index (χ3v) is 6.55. The average molecular weight is 409 g/mol. The van der Waals surface area contributed by atoms with Crippen molar-refractivity contribution in [1.82, 2.24) is 9.13 Å². The van der Waals surface area contributed by atoms with Crippen LogP contribution in [0.4, 0.5) is 0 Å². The molecule has 150 valence electrons. The van der Waals surface area contributed by atoms with E-state index in [9.17, 15) is 0 Å². The lowest BCUT2D eigenvalue weighted by Crippen LogP contribution is -1.94. The van der Waals surface area contributed by atoms with E-state index in [1.165, 1.54) is 54.9 Å². The van der Waals surface area contributed by atoms with Crippen LogP contribution in [0.25, 0.3) is 54.9 Å². The minimum Gasteiger partial charge on any atom is -0.316 e. The molecule has 0 N–H and O–H groups in total. The summed E-state index contributed by atoms with van der Waals surface area (Å²) in [4.78, 5) is 0. The zero-order valence-electron chi connectivity index (χ0n) is 17.4. The molecule has 0 bridgehead atoms. The summed E-state index contributed by atoms with van der Waals surface area (Å²) in [5, 5.41) is 6.39. The van der Waals surface area contributed by atoms with E-state index in [4.69, 9.17) is 0 Å². The van der Waals surface area contributed by atoms with Crippen molar-refractivity contribution < 1.29 is 0 Å². The van der Waals surface area contributed by atoms with Gasteiger partial charge in [-0.2, -0.15) is 0 Å². The molecule has 7 aromatic rings. The van der Waals surface area contributed by atoms with E-state index in [2.05, 4.69) is 131 Å². The Kier molecular flexibility index (Phi) is 3.58. The predicted octanol–water partition coefficient (Wildman–Crippen LogP) is 7.88. The normalized spacial score (nSPS) is 11.8. The first-order valence-corrected chi connectivity index (χ1v) is 11.0. The quantitative estimate of drug-likeness (QED) is 0.275. The number of fused-ring (bicyclic) bond motifs is 6. The van der Waals surface area contributed by atoms with Crippen molar-refractivity contribution in [2.24, 2.45) is 0 Å². The molecule has 0 unspecified atom stereocenters. The summed E-state index contributed by atoms with van der Waals surface area (Å²) in [7, 11) is 0. The number of aromatic nitrogens is 2. The lowest BCUT2D eigenvalue weighted by atomic mass is 10.1. The Labute approximate surface area is 185 Å². The van der Waals surface area contributed by atoms with Crippen LogP contribution in [0, 0.1) is 0 Å². The molecule has 0 saturated carbocycles. The summed E-state index contributed by atoms with van der Waals surface area (Å²) in [6, 6.07) is 41.3. The lowest BCUT2D eigenvalue weighted by Gasteiger charge is -2.10. The number of benzene rings is 5. The molecular formula is C30H20N2. The van der Waals surface area contributed by atoms with Crippen LogP contribution in [0.2, 0.25) is 0 Å². The topological polar surface area (TPSA) is 9.86 Å². The highest BCUT2D eigenvalue weighted by Gasteiger charge is 2.16. The van der Waals surface area contributed by atoms with Crippen LogP contribution in [-0.2, 0) is 0 Å². The molecule has 0 spiro atoms. The van der Waals surface area contributed by atoms with E-state index in [0.717, 1.165) is 0 Å². The van der Waals surface area contributed by atoms with Gasteiger partial charge in [0.25, 0.3) is 0 Å². The van der Waals surface area contributed by atoms with E-state index in [0.29, 0.717) is 0 Å². The summed E-state index contributed by atoms with van der Waals surface area (Å²) < 4.78 is 4.70. The molecule has 0 amide bonds. The Morgan fingerprint density at radius 2 is 1.12 bits per heavy atom. The fourth-order valence-electron chi connectivity index (χ4n) is 5.17. The summed E-state index contributed by atoms with van der Waals surface area (Å²) in [6.07, 6.45) is 2.21. The van der Waals surface area contributed by atoms with Crippen LogP contribution in [0.1, 0.15) is 0 Å². The van der Waals surface area contributed by atoms with Crippen LogP contribution < -0.4 is 0 Å². The van der Waals surface area contributed by atoms with E-state index in [-0.39, 0.29) is 0 Å². The predicted molar refractivity (Wildman–Crippen MR) is 135 cm³/mol. The van der Waals surface area contributed by atoms with Crippen molar-refractivity contribution >= 4 is 43.5 Å². The Morgan fingerprint density at radius 3 is 2.03 bits per heavy atom. The smallest absolute Gasteiger partial charge is 0.0548 e. The highest BCUT2D eigenvalue weighted by atomic mass is 15.0. The van der Waals surface area contributed by atoms with Gasteiger partial charge in [-0.05, 0) is 47.9 Å². The average Bonchev–Trinajstić information content (AvgIpc) is 3.43. The van der Waals surface area contributed by atoms with Gasteiger partial charge in [-0.25, -0.2) is 0 Å². The second-order valence-corrected chi connectivity index (χ2v) is 8.26. The largest absolute Gasteiger partial charge is 0.316 e. The molecule has 32 heavy (non-hydrogen) atoms. The molecule has 7 rings (SSSR count). The zero-order valence-corrected chi connectivity index (χ0v) is 17.4. The fourth-order valence-corrected chi connectivity index (χ4v) is 5.17. The van der Waals surface area contributed by atoms with Gasteiger partial charge in [0.15, 0.2) is 0 Å². The van der Waals surface area contributed by atoms with E-state index in [1.807, 2.05) is 0 Å². The number of para-hydroxylation sites is 2. The second kappa shape index (κ2) is 6.60. The van der Waals surface area contributed by atoms with E-state index < -0.39 is 0 Å². The summed E-state index contributed by atoms with van der Waals surface area (Å²) in [6.45, 7) is 0. The Bertz CT molecular complexity index is 1760. The van der Waals surface area contributed by atoms with Gasteiger partial charge in [0, 0.05) is 33.4 Å². The molecular weight excluding hydrogens is 388 g/mol. The molecule has 0 aliphatic rings. The number of hydrogen-bond acceptors (Lipinski definition) is 0. The molecule has 2 heteroatoms. The molecule has 5 aromatic carbocycles. The maximum atomic E-state index is 2.37. The van der Waals surface area contributed by atoms with Gasteiger partial charge in [0.2, 0.25) is 0 Å². The van der Waals surface area contributed by atoms with Crippen molar-refractivity contribution in [3.05, 3.63) is 121 Å². The highest BCUT2D eigenvalue weighted by molar-refractivity contribution is 6.21. The maximum absolute atomic E-state index is 2.37. The fraction of sp³-hybridized carbons (Fsp3) is 0. The van der Waals surface area contributed by atoms with Gasteiger partial charge in [0.05, 0.1) is 22.2 Å². The first kappa shape index (κ1) is 17.4. The highest BCUT2D eigenvalue weighted by Crippen LogP contribution is 2.38. The van der Waals surface area contributed by atoms with Gasteiger partial charge in [-0.1, -0.05) is 72.8 Å². The molecule has 0 fully saturated rings. The van der Waals surface area contributed by atoms with Crippen molar-refractivity contribution in [3.63, 3.8) is 0 Å².